The molecule has 0 aromatic heterocycles. The zero-order chi connectivity index (χ0) is 12.8. The Labute approximate surface area is 97.3 Å². The van der Waals surface area contributed by atoms with Gasteiger partial charge in [-0.25, -0.2) is 4.79 Å². The largest absolute Gasteiger partial charge is 0.478 e. The summed E-state index contributed by atoms with van der Waals surface area (Å²) in [7, 11) is 0. The number of amides is 1. The summed E-state index contributed by atoms with van der Waals surface area (Å²) in [6, 6.07) is 6.31. The van der Waals surface area contributed by atoms with E-state index in [2.05, 4.69) is 5.32 Å². The maximum absolute atomic E-state index is 11.2. The average molecular weight is 233 g/mol. The van der Waals surface area contributed by atoms with Crippen molar-refractivity contribution in [1.29, 1.82) is 5.41 Å². The molecule has 1 rings (SSSR count). The maximum atomic E-state index is 11.2. The lowest BCUT2D eigenvalue weighted by Gasteiger charge is -2.03. The Kier molecular flexibility index (Phi) is 3.99. The van der Waals surface area contributed by atoms with E-state index in [1.54, 1.807) is 24.3 Å². The third-order valence-electron chi connectivity index (χ3n) is 1.84. The first-order valence-electron chi connectivity index (χ1n) is 4.65. The molecule has 1 aromatic rings. The predicted octanol–water partition coefficient (Wildman–Crippen LogP) is 0.550. The zero-order valence-electron chi connectivity index (χ0n) is 8.81. The molecule has 0 radical (unpaired) electrons. The molecule has 1 aromatic carbocycles. The minimum absolute atomic E-state index is 0.0614. The Morgan fingerprint density at radius 2 is 1.82 bits per heavy atom. The van der Waals surface area contributed by atoms with Gasteiger partial charge in [-0.2, -0.15) is 0 Å². The second-order valence-electron chi connectivity index (χ2n) is 3.15. The summed E-state index contributed by atoms with van der Waals surface area (Å²) < 4.78 is 0. The van der Waals surface area contributed by atoms with Crippen molar-refractivity contribution in [3.8, 4) is 0 Å². The third-order valence-corrected chi connectivity index (χ3v) is 1.84. The third kappa shape index (κ3) is 4.17. The zero-order valence-corrected chi connectivity index (χ0v) is 8.81. The van der Waals surface area contributed by atoms with Crippen LogP contribution in [0.1, 0.15) is 5.56 Å². The molecule has 0 atom stereocenters. The number of rotatable bonds is 4. The molecular formula is C11H11N3O3. The Hall–Kier alpha value is -2.63. The van der Waals surface area contributed by atoms with E-state index >= 15 is 0 Å². The minimum atomic E-state index is -1.19. The number of carboxylic acid groups (broad SMARTS) is 1. The minimum Gasteiger partial charge on any atom is -0.478 e. The van der Waals surface area contributed by atoms with Crippen molar-refractivity contribution >= 4 is 23.4 Å². The van der Waals surface area contributed by atoms with E-state index < -0.39 is 11.9 Å². The van der Waals surface area contributed by atoms with Crippen LogP contribution in [0.25, 0.3) is 0 Å². The number of hydrogen-bond donors (Lipinski definition) is 4. The molecule has 17 heavy (non-hydrogen) atoms. The number of nitrogen functional groups attached to an aromatic ring is 1. The van der Waals surface area contributed by atoms with Gasteiger partial charge in [-0.1, -0.05) is 0 Å². The molecule has 0 aliphatic carbocycles. The Balaban J connectivity index is 2.66. The lowest BCUT2D eigenvalue weighted by molar-refractivity contribution is -0.131. The lowest BCUT2D eigenvalue weighted by Crippen LogP contribution is -2.12. The van der Waals surface area contributed by atoms with Crippen LogP contribution in [0.15, 0.2) is 36.4 Å². The SMILES string of the molecule is N=C(N)c1ccc(NC(=O)C=CC(=O)O)cc1. The summed E-state index contributed by atoms with van der Waals surface area (Å²) in [5.74, 6) is -1.79. The molecule has 6 heteroatoms. The van der Waals surface area contributed by atoms with E-state index in [4.69, 9.17) is 16.2 Å². The summed E-state index contributed by atoms with van der Waals surface area (Å²) >= 11 is 0. The molecule has 0 saturated carbocycles. The van der Waals surface area contributed by atoms with Crippen molar-refractivity contribution in [2.45, 2.75) is 0 Å². The average Bonchev–Trinajstić information content (AvgIpc) is 2.27. The van der Waals surface area contributed by atoms with E-state index in [0.29, 0.717) is 11.3 Å². The predicted molar refractivity (Wildman–Crippen MR) is 62.9 cm³/mol. The van der Waals surface area contributed by atoms with Crippen LogP contribution in [-0.2, 0) is 9.59 Å². The summed E-state index contributed by atoms with van der Waals surface area (Å²) in [4.78, 5) is 21.4. The molecule has 5 N–H and O–H groups in total. The number of carboxylic acids is 1. The van der Waals surface area contributed by atoms with Gasteiger partial charge in [0, 0.05) is 23.4 Å². The van der Waals surface area contributed by atoms with Crippen LogP contribution in [-0.4, -0.2) is 22.8 Å². The molecule has 0 fully saturated rings. The number of nitrogens with two attached hydrogens (primary N) is 1. The van der Waals surface area contributed by atoms with E-state index in [9.17, 15) is 9.59 Å². The van der Waals surface area contributed by atoms with Crippen LogP contribution in [0.3, 0.4) is 0 Å². The highest BCUT2D eigenvalue weighted by atomic mass is 16.4. The first-order chi connectivity index (χ1) is 7.99. The van der Waals surface area contributed by atoms with Gasteiger partial charge in [0.05, 0.1) is 0 Å². The quantitative estimate of drug-likeness (QED) is 0.345. The Morgan fingerprint density at radius 3 is 2.29 bits per heavy atom. The van der Waals surface area contributed by atoms with Crippen LogP contribution in [0.4, 0.5) is 5.69 Å². The number of carbonyl (C=O) groups excluding carboxylic acids is 1. The molecule has 6 nitrogen and oxygen atoms in total. The lowest BCUT2D eigenvalue weighted by atomic mass is 10.2. The molecule has 0 aliphatic rings. The smallest absolute Gasteiger partial charge is 0.328 e. The molecule has 1 amide bonds. The molecule has 0 bridgehead atoms. The van der Waals surface area contributed by atoms with Crippen LogP contribution < -0.4 is 11.1 Å². The van der Waals surface area contributed by atoms with Gasteiger partial charge < -0.3 is 16.2 Å². The van der Waals surface area contributed by atoms with Gasteiger partial charge in [0.15, 0.2) is 0 Å². The highest BCUT2D eigenvalue weighted by Crippen LogP contribution is 2.08. The fourth-order valence-electron chi connectivity index (χ4n) is 1.06. The van der Waals surface area contributed by atoms with Gasteiger partial charge in [-0.3, -0.25) is 10.2 Å². The summed E-state index contributed by atoms with van der Waals surface area (Å²) in [6.07, 6.45) is 1.67. The first-order valence-corrected chi connectivity index (χ1v) is 4.65. The van der Waals surface area contributed by atoms with E-state index in [0.717, 1.165) is 12.2 Å². The molecule has 0 aliphatic heterocycles. The first kappa shape index (κ1) is 12.4. The molecule has 0 unspecified atom stereocenters. The number of benzene rings is 1. The van der Waals surface area contributed by atoms with E-state index in [-0.39, 0.29) is 5.84 Å². The summed E-state index contributed by atoms with van der Waals surface area (Å²) in [5.41, 5.74) is 6.31. The fourth-order valence-corrected chi connectivity index (χ4v) is 1.06. The number of amidine groups is 1. The van der Waals surface area contributed by atoms with Crippen molar-refractivity contribution < 1.29 is 14.7 Å². The number of nitrogens with one attached hydrogen (secondary N) is 2. The van der Waals surface area contributed by atoms with Crippen molar-refractivity contribution in [2.75, 3.05) is 5.32 Å². The van der Waals surface area contributed by atoms with Gasteiger partial charge in [0.25, 0.3) is 0 Å². The normalized spacial score (nSPS) is 10.1. The van der Waals surface area contributed by atoms with Crippen molar-refractivity contribution in [2.24, 2.45) is 5.73 Å². The van der Waals surface area contributed by atoms with Crippen molar-refractivity contribution in [3.05, 3.63) is 42.0 Å². The molecule has 0 saturated heterocycles. The van der Waals surface area contributed by atoms with Crippen molar-refractivity contribution in [3.63, 3.8) is 0 Å². The van der Waals surface area contributed by atoms with Gasteiger partial charge in [-0.05, 0) is 24.3 Å². The highest BCUT2D eigenvalue weighted by molar-refractivity contribution is 6.02. The topological polar surface area (TPSA) is 116 Å². The maximum Gasteiger partial charge on any atom is 0.328 e. The fraction of sp³-hybridized carbons (Fsp3) is 0. The van der Waals surface area contributed by atoms with Gasteiger partial charge in [-0.15, -0.1) is 0 Å². The number of carbonyl (C=O) groups is 2. The van der Waals surface area contributed by atoms with Crippen molar-refractivity contribution in [1.82, 2.24) is 0 Å². The number of anilines is 1. The van der Waals surface area contributed by atoms with Crippen LogP contribution in [0.2, 0.25) is 0 Å². The number of hydrogen-bond acceptors (Lipinski definition) is 3. The Bertz CT molecular complexity index is 477. The monoisotopic (exact) mass is 233 g/mol. The van der Waals surface area contributed by atoms with Gasteiger partial charge in [0.2, 0.25) is 5.91 Å². The molecular weight excluding hydrogens is 222 g/mol. The van der Waals surface area contributed by atoms with E-state index in [1.165, 1.54) is 0 Å². The van der Waals surface area contributed by atoms with E-state index in [1.807, 2.05) is 0 Å². The molecule has 0 heterocycles. The highest BCUT2D eigenvalue weighted by Gasteiger charge is 2.00. The second-order valence-corrected chi connectivity index (χ2v) is 3.15. The van der Waals surface area contributed by atoms with Gasteiger partial charge in [0.1, 0.15) is 5.84 Å². The standard InChI is InChI=1S/C11H11N3O3/c12-11(13)7-1-3-8(4-2-7)14-9(15)5-6-10(16)17/h1-6H,(H3,12,13)(H,14,15)(H,16,17). The summed E-state index contributed by atoms with van der Waals surface area (Å²) in [6.45, 7) is 0. The van der Waals surface area contributed by atoms with Crippen LogP contribution in [0.5, 0.6) is 0 Å². The van der Waals surface area contributed by atoms with Gasteiger partial charge >= 0.3 is 5.97 Å². The van der Waals surface area contributed by atoms with Crippen LogP contribution in [0, 0.1) is 5.41 Å². The second kappa shape index (κ2) is 5.45. The molecule has 0 spiro atoms. The summed E-state index contributed by atoms with van der Waals surface area (Å²) in [5, 5.41) is 18.0. The molecule has 88 valence electrons. The Morgan fingerprint density at radius 1 is 1.24 bits per heavy atom. The number of aliphatic carboxylic acids is 1. The van der Waals surface area contributed by atoms with Crippen LogP contribution >= 0.6 is 0 Å².